The summed E-state index contributed by atoms with van der Waals surface area (Å²) in [7, 11) is 0. The third-order valence-electron chi connectivity index (χ3n) is 3.15. The predicted molar refractivity (Wildman–Crippen MR) is 86.0 cm³/mol. The molecule has 130 valence electrons. The van der Waals surface area contributed by atoms with Crippen LogP contribution in [0.3, 0.4) is 0 Å². The van der Waals surface area contributed by atoms with Crippen molar-refractivity contribution in [1.29, 1.82) is 0 Å². The Kier molecular flexibility index (Phi) is 5.94. The van der Waals surface area contributed by atoms with Gasteiger partial charge in [0, 0.05) is 23.4 Å². The molecule has 2 aromatic carbocycles. The molecule has 0 fully saturated rings. The summed E-state index contributed by atoms with van der Waals surface area (Å²) in [4.78, 5) is 23.6. The molecular weight excluding hydrogens is 335 g/mol. The zero-order valence-corrected chi connectivity index (χ0v) is 13.1. The molecule has 0 aliphatic heterocycles. The minimum Gasteiger partial charge on any atom is -0.449 e. The first-order valence-corrected chi connectivity index (χ1v) is 7.26. The molecule has 0 spiro atoms. The second kappa shape index (κ2) is 8.14. The Balaban J connectivity index is 1.92. The number of hydrogen-bond donors (Lipinski definition) is 1. The van der Waals surface area contributed by atoms with Crippen LogP contribution in [0.2, 0.25) is 0 Å². The smallest absolute Gasteiger partial charge is 0.331 e. The van der Waals surface area contributed by atoms with E-state index in [1.54, 1.807) is 6.07 Å². The summed E-state index contributed by atoms with van der Waals surface area (Å²) in [6.45, 7) is 1.31. The number of nitrogens with one attached hydrogen (secondary N) is 1. The summed E-state index contributed by atoms with van der Waals surface area (Å²) in [6, 6.07) is 8.66. The summed E-state index contributed by atoms with van der Waals surface area (Å²) in [5, 5.41) is 2.29. The molecule has 0 saturated heterocycles. The van der Waals surface area contributed by atoms with E-state index in [9.17, 15) is 22.8 Å². The molecule has 2 aromatic rings. The summed E-state index contributed by atoms with van der Waals surface area (Å²) in [5.74, 6) is -4.24. The van der Waals surface area contributed by atoms with E-state index in [2.05, 4.69) is 5.32 Å². The average Bonchev–Trinajstić information content (AvgIpc) is 2.57. The molecule has 0 heterocycles. The van der Waals surface area contributed by atoms with Crippen LogP contribution in [0.15, 0.2) is 48.5 Å². The van der Waals surface area contributed by atoms with Gasteiger partial charge in [-0.25, -0.2) is 18.0 Å². The highest BCUT2D eigenvalue weighted by Crippen LogP contribution is 2.14. The fourth-order valence-corrected chi connectivity index (χ4v) is 1.85. The zero-order chi connectivity index (χ0) is 18.4. The van der Waals surface area contributed by atoms with Gasteiger partial charge in [-0.1, -0.05) is 18.2 Å². The van der Waals surface area contributed by atoms with Crippen LogP contribution in [0.5, 0.6) is 0 Å². The van der Waals surface area contributed by atoms with Gasteiger partial charge in [0.05, 0.1) is 0 Å². The number of benzene rings is 2. The monoisotopic (exact) mass is 349 g/mol. The van der Waals surface area contributed by atoms with Crippen LogP contribution in [-0.4, -0.2) is 18.0 Å². The van der Waals surface area contributed by atoms with Crippen LogP contribution in [0.25, 0.3) is 6.08 Å². The summed E-state index contributed by atoms with van der Waals surface area (Å²) >= 11 is 0. The summed E-state index contributed by atoms with van der Waals surface area (Å²) < 4.78 is 44.2. The molecule has 0 aliphatic rings. The first-order valence-electron chi connectivity index (χ1n) is 7.26. The second-order valence-electron chi connectivity index (χ2n) is 5.05. The van der Waals surface area contributed by atoms with Crippen molar-refractivity contribution in [3.63, 3.8) is 0 Å². The summed E-state index contributed by atoms with van der Waals surface area (Å²) in [5.41, 5.74) is 0.215. The van der Waals surface area contributed by atoms with Gasteiger partial charge in [0.1, 0.15) is 5.82 Å². The van der Waals surface area contributed by atoms with Crippen LogP contribution < -0.4 is 5.32 Å². The normalized spacial score (nSPS) is 12.0. The Hall–Kier alpha value is -3.09. The van der Waals surface area contributed by atoms with Crippen molar-refractivity contribution in [2.24, 2.45) is 0 Å². The van der Waals surface area contributed by atoms with Crippen molar-refractivity contribution >= 4 is 23.6 Å². The molecule has 0 aliphatic carbocycles. The minimum atomic E-state index is -1.19. The Labute approximate surface area is 141 Å². The van der Waals surface area contributed by atoms with E-state index in [-0.39, 0.29) is 11.3 Å². The van der Waals surface area contributed by atoms with E-state index in [0.717, 1.165) is 18.2 Å². The van der Waals surface area contributed by atoms with Gasteiger partial charge < -0.3 is 10.1 Å². The Morgan fingerprint density at radius 3 is 2.44 bits per heavy atom. The zero-order valence-electron chi connectivity index (χ0n) is 13.1. The number of ether oxygens (including phenoxy) is 1. The number of rotatable bonds is 5. The molecule has 25 heavy (non-hydrogen) atoms. The molecule has 2 rings (SSSR count). The number of halogens is 3. The lowest BCUT2D eigenvalue weighted by atomic mass is 10.2. The molecule has 0 bridgehead atoms. The quantitative estimate of drug-likeness (QED) is 0.662. The molecule has 0 unspecified atom stereocenters. The Morgan fingerprint density at radius 1 is 1.04 bits per heavy atom. The standard InChI is InChI=1S/C18H14F3NO3/c1-11(18(24)22-13-7-8-15(20)16(21)10-13)25-17(23)9-6-12-4-2-3-5-14(12)19/h2-11H,1H3,(H,22,24)/b9-6+/t11-/m1/s1. The van der Waals surface area contributed by atoms with Crippen molar-refractivity contribution in [3.05, 3.63) is 71.6 Å². The van der Waals surface area contributed by atoms with Gasteiger partial charge in [-0.2, -0.15) is 0 Å². The number of anilines is 1. The third kappa shape index (κ3) is 5.20. The van der Waals surface area contributed by atoms with E-state index in [4.69, 9.17) is 4.74 Å². The van der Waals surface area contributed by atoms with Gasteiger partial charge in [0.25, 0.3) is 5.91 Å². The van der Waals surface area contributed by atoms with Crippen molar-refractivity contribution in [1.82, 2.24) is 0 Å². The van der Waals surface area contributed by atoms with Crippen molar-refractivity contribution < 1.29 is 27.5 Å². The SMILES string of the molecule is C[C@@H](OC(=O)/C=C/c1ccccc1F)C(=O)Nc1ccc(F)c(F)c1. The van der Waals surface area contributed by atoms with Crippen molar-refractivity contribution in [3.8, 4) is 0 Å². The molecule has 1 atom stereocenters. The Morgan fingerprint density at radius 2 is 1.76 bits per heavy atom. The van der Waals surface area contributed by atoms with Crippen LogP contribution in [0.1, 0.15) is 12.5 Å². The molecule has 4 nitrogen and oxygen atoms in total. The number of carbonyl (C=O) groups is 2. The number of carbonyl (C=O) groups excluding carboxylic acids is 2. The molecule has 1 amide bonds. The van der Waals surface area contributed by atoms with Gasteiger partial charge >= 0.3 is 5.97 Å². The highest BCUT2D eigenvalue weighted by molar-refractivity contribution is 5.96. The largest absolute Gasteiger partial charge is 0.449 e. The molecule has 0 saturated carbocycles. The minimum absolute atomic E-state index is 0.0219. The predicted octanol–water partition coefficient (Wildman–Crippen LogP) is 3.69. The maximum absolute atomic E-state index is 13.4. The highest BCUT2D eigenvalue weighted by atomic mass is 19.2. The maximum atomic E-state index is 13.4. The van der Waals surface area contributed by atoms with Crippen molar-refractivity contribution in [2.45, 2.75) is 13.0 Å². The third-order valence-corrected chi connectivity index (χ3v) is 3.15. The van der Waals surface area contributed by atoms with Gasteiger partial charge in [0.2, 0.25) is 0 Å². The van der Waals surface area contributed by atoms with Gasteiger partial charge in [-0.3, -0.25) is 4.79 Å². The van der Waals surface area contributed by atoms with Gasteiger partial charge in [-0.15, -0.1) is 0 Å². The fourth-order valence-electron chi connectivity index (χ4n) is 1.85. The molecule has 7 heteroatoms. The van der Waals surface area contributed by atoms with Gasteiger partial charge in [-0.05, 0) is 31.2 Å². The van der Waals surface area contributed by atoms with E-state index in [0.29, 0.717) is 0 Å². The summed E-state index contributed by atoms with van der Waals surface area (Å²) in [6.07, 6.45) is 1.02. The van der Waals surface area contributed by atoms with Gasteiger partial charge in [0.15, 0.2) is 17.7 Å². The molecule has 0 radical (unpaired) electrons. The lowest BCUT2D eigenvalue weighted by molar-refractivity contribution is -0.148. The van der Waals surface area contributed by atoms with Crippen LogP contribution in [-0.2, 0) is 14.3 Å². The molecule has 0 aromatic heterocycles. The number of esters is 1. The topological polar surface area (TPSA) is 55.4 Å². The lowest BCUT2D eigenvalue weighted by Gasteiger charge is -2.12. The first-order chi connectivity index (χ1) is 11.9. The van der Waals surface area contributed by atoms with Crippen molar-refractivity contribution in [2.75, 3.05) is 5.32 Å². The lowest BCUT2D eigenvalue weighted by Crippen LogP contribution is -2.29. The van der Waals surface area contributed by atoms with E-state index < -0.39 is 35.4 Å². The first kappa shape index (κ1) is 18.3. The van der Waals surface area contributed by atoms with Crippen LogP contribution in [0.4, 0.5) is 18.9 Å². The molecular formula is C18H14F3NO3. The van der Waals surface area contributed by atoms with Crippen LogP contribution >= 0.6 is 0 Å². The van der Waals surface area contributed by atoms with E-state index in [1.165, 1.54) is 37.3 Å². The number of hydrogen-bond acceptors (Lipinski definition) is 3. The van der Waals surface area contributed by atoms with E-state index in [1.807, 2.05) is 0 Å². The highest BCUT2D eigenvalue weighted by Gasteiger charge is 2.17. The fraction of sp³-hybridized carbons (Fsp3) is 0.111. The second-order valence-corrected chi connectivity index (χ2v) is 5.05. The average molecular weight is 349 g/mol. The Bertz CT molecular complexity index is 821. The molecule has 1 N–H and O–H groups in total. The van der Waals surface area contributed by atoms with E-state index >= 15 is 0 Å². The maximum Gasteiger partial charge on any atom is 0.331 e. The van der Waals surface area contributed by atoms with Crippen LogP contribution in [0, 0.1) is 17.5 Å². The number of amides is 1.